The van der Waals surface area contributed by atoms with E-state index in [4.69, 9.17) is 5.11 Å². The van der Waals surface area contributed by atoms with Crippen LogP contribution in [0.5, 0.6) is 0 Å². The van der Waals surface area contributed by atoms with Gasteiger partial charge in [0.2, 0.25) is 0 Å². The van der Waals surface area contributed by atoms with Crippen LogP contribution in [0.15, 0.2) is 0 Å². The summed E-state index contributed by atoms with van der Waals surface area (Å²) in [6.07, 6.45) is 1.93. The van der Waals surface area contributed by atoms with E-state index >= 15 is 0 Å². The zero-order valence-electron chi connectivity index (χ0n) is 9.16. The Morgan fingerprint density at radius 2 is 2.07 bits per heavy atom. The molecule has 1 fully saturated rings. The fourth-order valence-corrected chi connectivity index (χ4v) is 3.96. The van der Waals surface area contributed by atoms with Crippen LogP contribution in [0.25, 0.3) is 0 Å². The molecule has 3 nitrogen and oxygen atoms in total. The van der Waals surface area contributed by atoms with Crippen molar-refractivity contribution in [3.8, 4) is 0 Å². The minimum Gasteiger partial charge on any atom is -0.393 e. The molecule has 2 unspecified atom stereocenters. The Kier molecular flexibility index (Phi) is 3.26. The SMILES string of the molecule is CC(O)CCC1CCS(=O)(=O)C1(C)C. The molecule has 0 aliphatic carbocycles. The van der Waals surface area contributed by atoms with E-state index in [2.05, 4.69) is 0 Å². The third-order valence-corrected chi connectivity index (χ3v) is 6.16. The van der Waals surface area contributed by atoms with Gasteiger partial charge in [-0.3, -0.25) is 0 Å². The molecule has 14 heavy (non-hydrogen) atoms. The van der Waals surface area contributed by atoms with Crippen molar-refractivity contribution in [3.05, 3.63) is 0 Å². The molecule has 2 atom stereocenters. The Morgan fingerprint density at radius 3 is 2.43 bits per heavy atom. The standard InChI is InChI=1S/C10H20O3S/c1-8(11)4-5-9-6-7-14(12,13)10(9,2)3/h8-9,11H,4-7H2,1-3H3. The monoisotopic (exact) mass is 220 g/mol. The van der Waals surface area contributed by atoms with Gasteiger partial charge in [-0.1, -0.05) is 0 Å². The fourth-order valence-electron chi connectivity index (χ4n) is 2.10. The average molecular weight is 220 g/mol. The Balaban J connectivity index is 2.66. The molecular formula is C10H20O3S. The molecule has 0 aromatic heterocycles. The zero-order valence-corrected chi connectivity index (χ0v) is 9.97. The Hall–Kier alpha value is -0.0900. The van der Waals surface area contributed by atoms with Crippen LogP contribution in [0.1, 0.15) is 40.0 Å². The minimum atomic E-state index is -2.90. The summed E-state index contributed by atoms with van der Waals surface area (Å²) in [5.41, 5.74) is 0. The maximum atomic E-state index is 11.7. The lowest BCUT2D eigenvalue weighted by molar-refractivity contribution is 0.169. The first-order valence-corrected chi connectivity index (χ1v) is 6.83. The van der Waals surface area contributed by atoms with Gasteiger partial charge in [-0.05, 0) is 46.0 Å². The quantitative estimate of drug-likeness (QED) is 0.781. The molecule has 0 aromatic rings. The molecule has 0 aromatic carbocycles. The van der Waals surface area contributed by atoms with Gasteiger partial charge in [-0.2, -0.15) is 0 Å². The largest absolute Gasteiger partial charge is 0.393 e. The van der Waals surface area contributed by atoms with Crippen LogP contribution in [0.3, 0.4) is 0 Å². The lowest BCUT2D eigenvalue weighted by Crippen LogP contribution is -2.33. The molecule has 0 bridgehead atoms. The molecule has 0 radical (unpaired) electrons. The van der Waals surface area contributed by atoms with Crippen molar-refractivity contribution in [1.82, 2.24) is 0 Å². The highest BCUT2D eigenvalue weighted by Gasteiger charge is 2.46. The summed E-state index contributed by atoms with van der Waals surface area (Å²) in [5, 5.41) is 9.16. The third kappa shape index (κ3) is 2.11. The van der Waals surface area contributed by atoms with Gasteiger partial charge in [-0.15, -0.1) is 0 Å². The van der Waals surface area contributed by atoms with Crippen LogP contribution in [0.4, 0.5) is 0 Å². The van der Waals surface area contributed by atoms with E-state index in [0.717, 1.165) is 12.8 Å². The van der Waals surface area contributed by atoms with E-state index in [-0.39, 0.29) is 12.0 Å². The van der Waals surface area contributed by atoms with E-state index < -0.39 is 14.6 Å². The number of sulfone groups is 1. The van der Waals surface area contributed by atoms with Crippen molar-refractivity contribution in [3.63, 3.8) is 0 Å². The molecule has 1 aliphatic rings. The maximum Gasteiger partial charge on any atom is 0.155 e. The first kappa shape index (κ1) is 12.0. The molecule has 1 N–H and O–H groups in total. The summed E-state index contributed by atoms with van der Waals surface area (Å²) in [5.74, 6) is 0.520. The van der Waals surface area contributed by atoms with Crippen molar-refractivity contribution in [2.45, 2.75) is 50.9 Å². The van der Waals surface area contributed by atoms with Gasteiger partial charge in [0.1, 0.15) is 0 Å². The molecule has 1 heterocycles. The first-order chi connectivity index (χ1) is 6.27. The highest BCUT2D eigenvalue weighted by molar-refractivity contribution is 7.93. The normalized spacial score (nSPS) is 31.6. The van der Waals surface area contributed by atoms with Gasteiger partial charge in [0.15, 0.2) is 9.84 Å². The number of aliphatic hydroxyl groups excluding tert-OH is 1. The van der Waals surface area contributed by atoms with Crippen molar-refractivity contribution >= 4 is 9.84 Å². The summed E-state index contributed by atoms with van der Waals surface area (Å²) in [6.45, 7) is 5.36. The van der Waals surface area contributed by atoms with Gasteiger partial charge >= 0.3 is 0 Å². The molecule has 0 spiro atoms. The van der Waals surface area contributed by atoms with Gasteiger partial charge in [0, 0.05) is 0 Å². The summed E-state index contributed by atoms with van der Waals surface area (Å²) < 4.78 is 22.8. The predicted octanol–water partition coefficient (Wildman–Crippen LogP) is 1.36. The van der Waals surface area contributed by atoms with Crippen LogP contribution in [-0.2, 0) is 9.84 Å². The van der Waals surface area contributed by atoms with Crippen LogP contribution < -0.4 is 0 Å². The minimum absolute atomic E-state index is 0.210. The summed E-state index contributed by atoms with van der Waals surface area (Å²) >= 11 is 0. The second-order valence-corrected chi connectivity index (χ2v) is 7.52. The third-order valence-electron chi connectivity index (χ3n) is 3.45. The van der Waals surface area contributed by atoms with Crippen molar-refractivity contribution < 1.29 is 13.5 Å². The van der Waals surface area contributed by atoms with Crippen LogP contribution in [0, 0.1) is 5.92 Å². The van der Waals surface area contributed by atoms with Gasteiger partial charge in [0.05, 0.1) is 16.6 Å². The van der Waals surface area contributed by atoms with Crippen molar-refractivity contribution in [2.75, 3.05) is 5.75 Å². The highest BCUT2D eigenvalue weighted by Crippen LogP contribution is 2.39. The Bertz CT molecular complexity index is 290. The molecule has 4 heteroatoms. The second kappa shape index (κ2) is 3.81. The molecule has 1 aliphatic heterocycles. The van der Waals surface area contributed by atoms with Gasteiger partial charge in [0.25, 0.3) is 0 Å². The second-order valence-electron chi connectivity index (χ2n) is 4.83. The smallest absolute Gasteiger partial charge is 0.155 e. The van der Waals surface area contributed by atoms with E-state index in [9.17, 15) is 8.42 Å². The predicted molar refractivity (Wildman–Crippen MR) is 56.9 cm³/mol. The lowest BCUT2D eigenvalue weighted by Gasteiger charge is -2.25. The Morgan fingerprint density at radius 1 is 1.50 bits per heavy atom. The lowest BCUT2D eigenvalue weighted by atomic mass is 9.88. The summed E-state index contributed by atoms with van der Waals surface area (Å²) in [4.78, 5) is 0. The van der Waals surface area contributed by atoms with E-state index in [1.807, 2.05) is 13.8 Å². The number of hydrogen-bond donors (Lipinski definition) is 1. The van der Waals surface area contributed by atoms with E-state index in [1.54, 1.807) is 6.92 Å². The van der Waals surface area contributed by atoms with Crippen LogP contribution in [-0.4, -0.2) is 30.1 Å². The number of rotatable bonds is 3. The van der Waals surface area contributed by atoms with Crippen molar-refractivity contribution in [1.29, 1.82) is 0 Å². The molecule has 0 saturated carbocycles. The van der Waals surface area contributed by atoms with Crippen molar-refractivity contribution in [2.24, 2.45) is 5.92 Å². The number of hydrogen-bond acceptors (Lipinski definition) is 3. The topological polar surface area (TPSA) is 54.4 Å². The molecule has 1 saturated heterocycles. The molecule has 1 rings (SSSR count). The van der Waals surface area contributed by atoms with Crippen LogP contribution in [0.2, 0.25) is 0 Å². The zero-order chi connectivity index (χ0) is 11.0. The summed E-state index contributed by atoms with van der Waals surface area (Å²) in [7, 11) is -2.90. The maximum absolute atomic E-state index is 11.7. The number of aliphatic hydroxyl groups is 1. The van der Waals surface area contributed by atoms with Crippen LogP contribution >= 0.6 is 0 Å². The highest BCUT2D eigenvalue weighted by atomic mass is 32.2. The summed E-state index contributed by atoms with van der Waals surface area (Å²) in [6, 6.07) is 0. The van der Waals surface area contributed by atoms with E-state index in [1.165, 1.54) is 0 Å². The van der Waals surface area contributed by atoms with Gasteiger partial charge < -0.3 is 5.11 Å². The molecular weight excluding hydrogens is 200 g/mol. The van der Waals surface area contributed by atoms with E-state index in [0.29, 0.717) is 12.2 Å². The Labute approximate surface area is 86.4 Å². The first-order valence-electron chi connectivity index (χ1n) is 5.18. The molecule has 0 amide bonds. The van der Waals surface area contributed by atoms with Gasteiger partial charge in [-0.25, -0.2) is 8.42 Å². The average Bonchev–Trinajstić information content (AvgIpc) is 2.20. The fraction of sp³-hybridized carbons (Fsp3) is 1.00. The molecule has 84 valence electrons.